The summed E-state index contributed by atoms with van der Waals surface area (Å²) in [6.45, 7) is 0. The van der Waals surface area contributed by atoms with Crippen LogP contribution in [0.2, 0.25) is 5.02 Å². The summed E-state index contributed by atoms with van der Waals surface area (Å²) in [5.74, 6) is 0. The van der Waals surface area contributed by atoms with E-state index < -0.39 is 0 Å². The zero-order valence-electron chi connectivity index (χ0n) is 8.58. The first-order valence-electron chi connectivity index (χ1n) is 4.95. The van der Waals surface area contributed by atoms with Crippen LogP contribution in [0.3, 0.4) is 0 Å². The number of thiazole rings is 1. The van der Waals surface area contributed by atoms with Crippen LogP contribution in [0.25, 0.3) is 22.0 Å². The van der Waals surface area contributed by atoms with E-state index in [9.17, 15) is 0 Å². The summed E-state index contributed by atoms with van der Waals surface area (Å²) in [5.41, 5.74) is 4.90. The second kappa shape index (κ2) is 4.41. The lowest BCUT2D eigenvalue weighted by Crippen LogP contribution is -1.82. The lowest BCUT2D eigenvalue weighted by atomic mass is 10.0. The molecule has 3 rings (SSSR count). The third-order valence-corrected chi connectivity index (χ3v) is 4.06. The predicted octanol–water partition coefficient (Wildman–Crippen LogP) is 5.18. The number of benzene rings is 2. The summed E-state index contributed by atoms with van der Waals surface area (Å²) in [7, 11) is 0. The Morgan fingerprint density at radius 1 is 1.18 bits per heavy atom. The van der Waals surface area contributed by atoms with E-state index in [1.54, 1.807) is 0 Å². The van der Waals surface area contributed by atoms with E-state index in [2.05, 4.69) is 26.4 Å². The Hall–Kier alpha value is -0.900. The molecule has 17 heavy (non-hydrogen) atoms. The van der Waals surface area contributed by atoms with Crippen LogP contribution in [0.4, 0.5) is 0 Å². The van der Waals surface area contributed by atoms with Crippen molar-refractivity contribution in [3.05, 3.63) is 50.7 Å². The predicted molar refractivity (Wildman–Crippen MR) is 76.6 cm³/mol. The van der Waals surface area contributed by atoms with Crippen molar-refractivity contribution in [1.82, 2.24) is 4.98 Å². The topological polar surface area (TPSA) is 12.9 Å². The summed E-state index contributed by atoms with van der Waals surface area (Å²) in [6, 6.07) is 9.96. The van der Waals surface area contributed by atoms with Crippen LogP contribution < -0.4 is 0 Å². The monoisotopic (exact) mass is 322 g/mol. The molecule has 1 heterocycles. The highest BCUT2D eigenvalue weighted by Gasteiger charge is 2.08. The van der Waals surface area contributed by atoms with Gasteiger partial charge < -0.3 is 0 Å². The van der Waals surface area contributed by atoms with Gasteiger partial charge in [-0.1, -0.05) is 39.7 Å². The summed E-state index contributed by atoms with van der Waals surface area (Å²) in [5, 5.41) is 4.96. The second-order valence-corrected chi connectivity index (χ2v) is 5.55. The summed E-state index contributed by atoms with van der Waals surface area (Å²) < 4.78 is 1.06. The fourth-order valence-corrected chi connectivity index (χ4v) is 2.96. The third kappa shape index (κ3) is 1.99. The van der Waals surface area contributed by atoms with Crippen LogP contribution >= 0.6 is 38.9 Å². The number of halogens is 2. The zero-order valence-corrected chi connectivity index (χ0v) is 11.7. The SMILES string of the molecule is Clc1ccc2c(Br)ccc(-c3cs[c]n3)c2c1. The zero-order chi connectivity index (χ0) is 11.8. The van der Waals surface area contributed by atoms with E-state index in [4.69, 9.17) is 11.6 Å². The van der Waals surface area contributed by atoms with Crippen LogP contribution in [0.15, 0.2) is 40.2 Å². The van der Waals surface area contributed by atoms with Crippen LogP contribution in [0.5, 0.6) is 0 Å². The highest BCUT2D eigenvalue weighted by Crippen LogP contribution is 2.34. The quantitative estimate of drug-likeness (QED) is 0.601. The lowest BCUT2D eigenvalue weighted by Gasteiger charge is -2.06. The van der Waals surface area contributed by atoms with Crippen LogP contribution in [0.1, 0.15) is 0 Å². The van der Waals surface area contributed by atoms with Gasteiger partial charge in [-0.15, -0.1) is 11.3 Å². The Bertz CT molecular complexity index is 679. The van der Waals surface area contributed by atoms with Gasteiger partial charge in [0.2, 0.25) is 0 Å². The molecule has 0 N–H and O–H groups in total. The molecule has 83 valence electrons. The largest absolute Gasteiger partial charge is 0.233 e. The Balaban J connectivity index is 2.40. The molecule has 0 aliphatic rings. The number of aromatic nitrogens is 1. The smallest absolute Gasteiger partial charge is 0.152 e. The standard InChI is InChI=1S/C13H6BrClNS/c14-12-4-3-10(13-6-17-7-16-13)11-5-8(15)1-2-9(11)12/h1-6H. The van der Waals surface area contributed by atoms with Gasteiger partial charge in [0.25, 0.3) is 0 Å². The van der Waals surface area contributed by atoms with Gasteiger partial charge >= 0.3 is 0 Å². The molecule has 1 nitrogen and oxygen atoms in total. The average molecular weight is 324 g/mol. The lowest BCUT2D eigenvalue weighted by molar-refractivity contribution is 1.41. The minimum Gasteiger partial charge on any atom is -0.233 e. The number of rotatable bonds is 1. The number of hydrogen-bond acceptors (Lipinski definition) is 2. The fraction of sp³-hybridized carbons (Fsp3) is 0. The first kappa shape index (κ1) is 11.2. The first-order chi connectivity index (χ1) is 8.25. The van der Waals surface area contributed by atoms with Gasteiger partial charge in [0, 0.05) is 20.4 Å². The van der Waals surface area contributed by atoms with Gasteiger partial charge in [0.05, 0.1) is 5.69 Å². The number of fused-ring (bicyclic) bond motifs is 1. The molecule has 0 bridgehead atoms. The summed E-state index contributed by atoms with van der Waals surface area (Å²) >= 11 is 11.1. The second-order valence-electron chi connectivity index (χ2n) is 3.61. The maximum atomic E-state index is 6.06. The summed E-state index contributed by atoms with van der Waals surface area (Å²) in [6.07, 6.45) is 0. The molecule has 1 radical (unpaired) electrons. The van der Waals surface area contributed by atoms with Crippen LogP contribution in [0, 0.1) is 5.51 Å². The molecule has 0 spiro atoms. The third-order valence-electron chi connectivity index (χ3n) is 2.59. The molecule has 0 fully saturated rings. The van der Waals surface area contributed by atoms with Gasteiger partial charge in [-0.3, -0.25) is 0 Å². The minimum absolute atomic E-state index is 0.732. The molecule has 1 aromatic heterocycles. The number of hydrogen-bond donors (Lipinski definition) is 0. The molecule has 3 aromatic rings. The van der Waals surface area contributed by atoms with Gasteiger partial charge in [0.15, 0.2) is 5.51 Å². The molecule has 0 aliphatic carbocycles. The van der Waals surface area contributed by atoms with Crippen molar-refractivity contribution >= 4 is 49.6 Å². The van der Waals surface area contributed by atoms with E-state index in [1.807, 2.05) is 35.7 Å². The Labute approximate surface area is 116 Å². The van der Waals surface area contributed by atoms with Gasteiger partial charge in [-0.05, 0) is 29.0 Å². The normalized spacial score (nSPS) is 10.9. The molecule has 0 saturated heterocycles. The van der Waals surface area contributed by atoms with Gasteiger partial charge in [-0.25, -0.2) is 4.98 Å². The number of nitrogens with zero attached hydrogens (tertiary/aromatic N) is 1. The van der Waals surface area contributed by atoms with Crippen molar-refractivity contribution in [2.45, 2.75) is 0 Å². The van der Waals surface area contributed by atoms with Crippen molar-refractivity contribution < 1.29 is 0 Å². The van der Waals surface area contributed by atoms with E-state index >= 15 is 0 Å². The van der Waals surface area contributed by atoms with Crippen molar-refractivity contribution in [3.63, 3.8) is 0 Å². The molecular weight excluding hydrogens is 318 g/mol. The molecule has 2 aromatic carbocycles. The van der Waals surface area contributed by atoms with E-state index in [1.165, 1.54) is 11.3 Å². The Kier molecular flexibility index (Phi) is 2.90. The average Bonchev–Trinajstić information content (AvgIpc) is 2.83. The van der Waals surface area contributed by atoms with Crippen molar-refractivity contribution in [3.8, 4) is 11.3 Å². The fourth-order valence-electron chi connectivity index (χ4n) is 1.81. The summed E-state index contributed by atoms with van der Waals surface area (Å²) in [4.78, 5) is 4.23. The van der Waals surface area contributed by atoms with Crippen molar-refractivity contribution in [1.29, 1.82) is 0 Å². The van der Waals surface area contributed by atoms with E-state index in [-0.39, 0.29) is 0 Å². The highest BCUT2D eigenvalue weighted by molar-refractivity contribution is 9.10. The van der Waals surface area contributed by atoms with Gasteiger partial charge in [0.1, 0.15) is 0 Å². The molecule has 0 saturated carbocycles. The van der Waals surface area contributed by atoms with Crippen LogP contribution in [-0.4, -0.2) is 4.98 Å². The maximum Gasteiger partial charge on any atom is 0.152 e. The first-order valence-corrected chi connectivity index (χ1v) is 7.00. The van der Waals surface area contributed by atoms with Crippen molar-refractivity contribution in [2.24, 2.45) is 0 Å². The van der Waals surface area contributed by atoms with Crippen LogP contribution in [-0.2, 0) is 0 Å². The molecule has 0 aliphatic heterocycles. The molecule has 0 amide bonds. The van der Waals surface area contributed by atoms with Crippen molar-refractivity contribution in [2.75, 3.05) is 0 Å². The van der Waals surface area contributed by atoms with E-state index in [0.29, 0.717) is 0 Å². The Morgan fingerprint density at radius 2 is 2.06 bits per heavy atom. The van der Waals surface area contributed by atoms with Gasteiger partial charge in [-0.2, -0.15) is 0 Å². The molecule has 4 heteroatoms. The molecule has 0 atom stereocenters. The Morgan fingerprint density at radius 3 is 2.82 bits per heavy atom. The minimum atomic E-state index is 0.732. The molecular formula is C13H6BrClNS. The highest BCUT2D eigenvalue weighted by atomic mass is 79.9. The molecule has 0 unspecified atom stereocenters. The van der Waals surface area contributed by atoms with E-state index in [0.717, 1.165) is 31.5 Å². The maximum absolute atomic E-state index is 6.06.